The number of amides is 1. The summed E-state index contributed by atoms with van der Waals surface area (Å²) in [6.07, 6.45) is 5.35. The van der Waals surface area contributed by atoms with Crippen molar-refractivity contribution in [1.82, 2.24) is 9.55 Å². The molecule has 1 aromatic heterocycles. The highest BCUT2D eigenvalue weighted by molar-refractivity contribution is 7.92. The smallest absolute Gasteiger partial charge is 0.256 e. The van der Waals surface area contributed by atoms with E-state index >= 15 is 0 Å². The second-order valence-corrected chi connectivity index (χ2v) is 10.3. The van der Waals surface area contributed by atoms with Gasteiger partial charge in [0.25, 0.3) is 5.91 Å². The van der Waals surface area contributed by atoms with Gasteiger partial charge in [-0.15, -0.1) is 0 Å². The zero-order valence-electron chi connectivity index (χ0n) is 17.1. The van der Waals surface area contributed by atoms with Crippen molar-refractivity contribution >= 4 is 21.4 Å². The summed E-state index contributed by atoms with van der Waals surface area (Å²) in [6.45, 7) is 4.19. The topological polar surface area (TPSA) is 81.1 Å². The molecular weight excluding hydrogens is 398 g/mol. The summed E-state index contributed by atoms with van der Waals surface area (Å²) in [4.78, 5) is 17.4. The van der Waals surface area contributed by atoms with E-state index in [4.69, 9.17) is 0 Å². The fourth-order valence-electron chi connectivity index (χ4n) is 3.72. The minimum Gasteiger partial charge on any atom is -0.328 e. The molecule has 30 heavy (non-hydrogen) atoms. The van der Waals surface area contributed by atoms with Crippen LogP contribution in [0.2, 0.25) is 0 Å². The fourth-order valence-corrected chi connectivity index (χ4v) is 4.97. The summed E-state index contributed by atoms with van der Waals surface area (Å²) in [5, 5.41) is 2.21. The van der Waals surface area contributed by atoms with Gasteiger partial charge < -0.3 is 9.88 Å². The zero-order chi connectivity index (χ0) is 21.3. The molecule has 0 aliphatic carbocycles. The van der Waals surface area contributed by atoms with Crippen LogP contribution in [-0.2, 0) is 22.8 Å². The average molecular weight is 424 g/mol. The zero-order valence-corrected chi connectivity index (χ0v) is 17.9. The molecule has 0 saturated carbocycles. The Bertz CT molecular complexity index is 1180. The van der Waals surface area contributed by atoms with Gasteiger partial charge in [-0.3, -0.25) is 4.79 Å². The quantitative estimate of drug-likeness (QED) is 0.663. The Morgan fingerprint density at radius 2 is 1.80 bits per heavy atom. The minimum absolute atomic E-state index is 0.0538. The first-order valence-corrected chi connectivity index (χ1v) is 11.7. The molecule has 0 radical (unpaired) electrons. The third-order valence-corrected chi connectivity index (χ3v) is 7.67. The highest BCUT2D eigenvalue weighted by Crippen LogP contribution is 2.26. The summed E-state index contributed by atoms with van der Waals surface area (Å²) in [5.41, 5.74) is 3.00. The van der Waals surface area contributed by atoms with Crippen LogP contribution in [0, 0.1) is 0 Å². The van der Waals surface area contributed by atoms with Gasteiger partial charge in [0.2, 0.25) is 0 Å². The van der Waals surface area contributed by atoms with E-state index in [1.807, 2.05) is 30.5 Å². The van der Waals surface area contributed by atoms with E-state index in [1.165, 1.54) is 24.2 Å². The summed E-state index contributed by atoms with van der Waals surface area (Å²) in [7, 11) is -3.56. The van der Waals surface area contributed by atoms with Gasteiger partial charge in [-0.05, 0) is 69.5 Å². The van der Waals surface area contributed by atoms with E-state index in [1.54, 1.807) is 26.0 Å². The van der Waals surface area contributed by atoms with E-state index in [-0.39, 0.29) is 10.5 Å². The molecule has 0 fully saturated rings. The molecule has 1 aliphatic heterocycles. The molecule has 1 N–H and O–H groups in total. The Labute approximate surface area is 176 Å². The van der Waals surface area contributed by atoms with Crippen molar-refractivity contribution in [2.75, 3.05) is 5.32 Å². The van der Waals surface area contributed by atoms with Gasteiger partial charge in [-0.1, -0.05) is 12.1 Å². The van der Waals surface area contributed by atoms with Crippen molar-refractivity contribution in [3.8, 4) is 11.4 Å². The number of benzene rings is 2. The van der Waals surface area contributed by atoms with Gasteiger partial charge in [0.1, 0.15) is 5.82 Å². The Hall–Kier alpha value is -2.93. The van der Waals surface area contributed by atoms with Crippen LogP contribution in [0.4, 0.5) is 5.69 Å². The van der Waals surface area contributed by atoms with Crippen LogP contribution in [0.5, 0.6) is 0 Å². The number of imidazole rings is 1. The number of nitrogens with one attached hydrogen (secondary N) is 1. The molecule has 3 aromatic rings. The van der Waals surface area contributed by atoms with Crippen LogP contribution in [0.1, 0.15) is 42.7 Å². The van der Waals surface area contributed by atoms with E-state index in [0.717, 1.165) is 30.8 Å². The predicted octanol–water partition coefficient (Wildman–Crippen LogP) is 4.32. The van der Waals surface area contributed by atoms with Gasteiger partial charge >= 0.3 is 0 Å². The molecule has 0 saturated heterocycles. The number of fused-ring (bicyclic) bond motifs is 1. The second-order valence-electron chi connectivity index (χ2n) is 7.80. The average Bonchev–Trinajstić information content (AvgIpc) is 3.18. The Balaban J connectivity index is 1.57. The van der Waals surface area contributed by atoms with Crippen molar-refractivity contribution in [3.05, 3.63) is 66.0 Å². The molecule has 6 nitrogen and oxygen atoms in total. The molecule has 0 bridgehead atoms. The standard InChI is InChI=1S/C23H25N3O3S/c1-16(2)30(28,29)21-9-4-3-8-20(21)23(27)25-18-12-10-17(11-13-18)22-24-15-19-7-5-6-14-26(19)22/h3-4,8-13,15-16H,5-7,14H2,1-2H3,(H,25,27). The minimum atomic E-state index is -3.56. The number of aryl methyl sites for hydroxylation is 1. The number of aromatic nitrogens is 2. The highest BCUT2D eigenvalue weighted by Gasteiger charge is 2.25. The number of anilines is 1. The van der Waals surface area contributed by atoms with Crippen LogP contribution in [0.15, 0.2) is 59.6 Å². The molecule has 4 rings (SSSR count). The SMILES string of the molecule is CC(C)S(=O)(=O)c1ccccc1C(=O)Nc1ccc(-c2ncc3n2CCCC3)cc1. The fraction of sp³-hybridized carbons (Fsp3) is 0.304. The Kier molecular flexibility index (Phi) is 5.47. The molecule has 2 heterocycles. The second kappa shape index (κ2) is 8.07. The van der Waals surface area contributed by atoms with Crippen LogP contribution < -0.4 is 5.32 Å². The van der Waals surface area contributed by atoms with Gasteiger partial charge in [-0.25, -0.2) is 13.4 Å². The number of hydrogen-bond donors (Lipinski definition) is 1. The summed E-state index contributed by atoms with van der Waals surface area (Å²) in [6, 6.07) is 13.8. The molecule has 0 spiro atoms. The maximum absolute atomic E-state index is 12.8. The number of rotatable bonds is 5. The monoisotopic (exact) mass is 423 g/mol. The summed E-state index contributed by atoms with van der Waals surface area (Å²) in [5.74, 6) is 0.497. The van der Waals surface area contributed by atoms with Gasteiger partial charge in [0, 0.05) is 29.7 Å². The number of sulfone groups is 1. The molecule has 0 atom stereocenters. The number of carbonyl (C=O) groups is 1. The van der Waals surface area contributed by atoms with E-state index in [0.29, 0.717) is 5.69 Å². The van der Waals surface area contributed by atoms with Crippen LogP contribution in [0.25, 0.3) is 11.4 Å². The summed E-state index contributed by atoms with van der Waals surface area (Å²) < 4.78 is 27.5. The van der Waals surface area contributed by atoms with Crippen molar-refractivity contribution in [2.45, 2.75) is 49.8 Å². The van der Waals surface area contributed by atoms with E-state index < -0.39 is 21.0 Å². The maximum atomic E-state index is 12.8. The van der Waals surface area contributed by atoms with E-state index in [9.17, 15) is 13.2 Å². The third kappa shape index (κ3) is 3.77. The van der Waals surface area contributed by atoms with Gasteiger partial charge in [0.15, 0.2) is 9.84 Å². The lowest BCUT2D eigenvalue weighted by molar-refractivity contribution is 0.102. The maximum Gasteiger partial charge on any atom is 0.256 e. The Morgan fingerprint density at radius 3 is 2.53 bits per heavy atom. The van der Waals surface area contributed by atoms with Gasteiger partial charge in [0.05, 0.1) is 15.7 Å². The number of carbonyl (C=O) groups excluding carboxylic acids is 1. The van der Waals surface area contributed by atoms with Crippen molar-refractivity contribution < 1.29 is 13.2 Å². The van der Waals surface area contributed by atoms with Crippen LogP contribution in [-0.4, -0.2) is 29.1 Å². The molecular formula is C23H25N3O3S. The molecule has 156 valence electrons. The van der Waals surface area contributed by atoms with Crippen LogP contribution >= 0.6 is 0 Å². The molecule has 1 amide bonds. The lowest BCUT2D eigenvalue weighted by Crippen LogP contribution is -2.20. The van der Waals surface area contributed by atoms with Crippen molar-refractivity contribution in [2.24, 2.45) is 0 Å². The lowest BCUT2D eigenvalue weighted by atomic mass is 10.1. The molecule has 0 unspecified atom stereocenters. The normalized spacial score (nSPS) is 13.8. The first-order chi connectivity index (χ1) is 14.4. The first-order valence-electron chi connectivity index (χ1n) is 10.2. The highest BCUT2D eigenvalue weighted by atomic mass is 32.2. The molecule has 1 aliphatic rings. The number of nitrogens with zero attached hydrogens (tertiary/aromatic N) is 2. The number of hydrogen-bond acceptors (Lipinski definition) is 4. The largest absolute Gasteiger partial charge is 0.328 e. The molecule has 2 aromatic carbocycles. The summed E-state index contributed by atoms with van der Waals surface area (Å²) >= 11 is 0. The van der Waals surface area contributed by atoms with Crippen molar-refractivity contribution in [3.63, 3.8) is 0 Å². The van der Waals surface area contributed by atoms with Crippen molar-refractivity contribution in [1.29, 1.82) is 0 Å². The van der Waals surface area contributed by atoms with Crippen LogP contribution in [0.3, 0.4) is 0 Å². The third-order valence-electron chi connectivity index (χ3n) is 5.46. The lowest BCUT2D eigenvalue weighted by Gasteiger charge is -2.16. The predicted molar refractivity (Wildman–Crippen MR) is 117 cm³/mol. The van der Waals surface area contributed by atoms with E-state index in [2.05, 4.69) is 14.9 Å². The van der Waals surface area contributed by atoms with Gasteiger partial charge in [-0.2, -0.15) is 0 Å². The molecule has 7 heteroatoms. The Morgan fingerprint density at radius 1 is 1.07 bits per heavy atom. The first kappa shape index (κ1) is 20.3.